The number of rotatable bonds is 9. The second kappa shape index (κ2) is 9.07. The molecule has 1 aromatic carbocycles. The molecule has 122 valence electrons. The molecule has 0 aliphatic heterocycles. The van der Waals surface area contributed by atoms with Crippen LogP contribution in [0.5, 0.6) is 5.75 Å². The van der Waals surface area contributed by atoms with E-state index < -0.39 is 0 Å². The Morgan fingerprint density at radius 1 is 1.18 bits per heavy atom. The zero-order chi connectivity index (χ0) is 16.5. The van der Waals surface area contributed by atoms with Gasteiger partial charge in [-0.05, 0) is 23.3 Å². The van der Waals surface area contributed by atoms with Gasteiger partial charge in [0.1, 0.15) is 12.4 Å². The number of aliphatic hydroxyl groups is 3. The normalized spacial score (nSPS) is 10.3. The smallest absolute Gasteiger partial charge is 0.222 e. The molecule has 6 heteroatoms. The van der Waals surface area contributed by atoms with Gasteiger partial charge in [-0.25, -0.2) is 0 Å². The summed E-state index contributed by atoms with van der Waals surface area (Å²) in [6.45, 7) is 3.77. The van der Waals surface area contributed by atoms with E-state index in [4.69, 9.17) is 20.1 Å². The third-order valence-electron chi connectivity index (χ3n) is 3.14. The summed E-state index contributed by atoms with van der Waals surface area (Å²) in [5.41, 5.74) is 1.32. The molecule has 0 aliphatic rings. The summed E-state index contributed by atoms with van der Waals surface area (Å²) in [5.74, 6) is 0.439. The van der Waals surface area contributed by atoms with Crippen LogP contribution in [0.4, 0.5) is 0 Å². The van der Waals surface area contributed by atoms with E-state index in [-0.39, 0.29) is 37.7 Å². The van der Waals surface area contributed by atoms with E-state index in [1.165, 1.54) is 4.90 Å². The van der Waals surface area contributed by atoms with Crippen molar-refractivity contribution in [3.63, 3.8) is 0 Å². The van der Waals surface area contributed by atoms with Crippen LogP contribution in [0, 0.1) is 0 Å². The SMILES string of the molecule is C=C(O)CCC(=O)N(C)CCOc1cc(CO)cc(CO)c1. The van der Waals surface area contributed by atoms with Crippen molar-refractivity contribution in [1.82, 2.24) is 4.90 Å². The highest BCUT2D eigenvalue weighted by molar-refractivity contribution is 5.76. The van der Waals surface area contributed by atoms with E-state index in [2.05, 4.69) is 6.58 Å². The lowest BCUT2D eigenvalue weighted by atomic mass is 10.1. The Bertz CT molecular complexity index is 493. The average molecular weight is 309 g/mol. The van der Waals surface area contributed by atoms with Crippen LogP contribution in [0.3, 0.4) is 0 Å². The molecule has 0 radical (unpaired) electrons. The highest BCUT2D eigenvalue weighted by Crippen LogP contribution is 2.17. The van der Waals surface area contributed by atoms with Crippen molar-refractivity contribution in [2.24, 2.45) is 0 Å². The second-order valence-electron chi connectivity index (χ2n) is 5.03. The number of carbonyl (C=O) groups excluding carboxylic acids is 1. The minimum Gasteiger partial charge on any atom is -0.513 e. The highest BCUT2D eigenvalue weighted by Gasteiger charge is 2.09. The number of nitrogens with zero attached hydrogens (tertiary/aromatic N) is 1. The number of hydrogen-bond donors (Lipinski definition) is 3. The molecule has 1 amide bonds. The summed E-state index contributed by atoms with van der Waals surface area (Å²) in [6.07, 6.45) is 0.461. The maximum atomic E-state index is 11.7. The summed E-state index contributed by atoms with van der Waals surface area (Å²) in [5, 5.41) is 27.3. The second-order valence-corrected chi connectivity index (χ2v) is 5.03. The fourth-order valence-electron chi connectivity index (χ4n) is 1.86. The lowest BCUT2D eigenvalue weighted by Gasteiger charge is -2.17. The lowest BCUT2D eigenvalue weighted by Crippen LogP contribution is -2.30. The third kappa shape index (κ3) is 6.15. The van der Waals surface area contributed by atoms with Crippen molar-refractivity contribution in [3.05, 3.63) is 41.7 Å². The first-order chi connectivity index (χ1) is 10.5. The van der Waals surface area contributed by atoms with Gasteiger partial charge in [0.05, 0.1) is 25.5 Å². The number of likely N-dealkylation sites (N-methyl/N-ethyl adjacent to an activating group) is 1. The summed E-state index contributed by atoms with van der Waals surface area (Å²) in [4.78, 5) is 13.3. The van der Waals surface area contributed by atoms with Crippen molar-refractivity contribution in [2.45, 2.75) is 26.1 Å². The largest absolute Gasteiger partial charge is 0.513 e. The molecule has 0 fully saturated rings. The number of amides is 1. The van der Waals surface area contributed by atoms with Gasteiger partial charge in [0.25, 0.3) is 0 Å². The predicted molar refractivity (Wildman–Crippen MR) is 82.4 cm³/mol. The Hall–Kier alpha value is -2.05. The van der Waals surface area contributed by atoms with Crippen LogP contribution in [0.15, 0.2) is 30.5 Å². The fourth-order valence-corrected chi connectivity index (χ4v) is 1.86. The van der Waals surface area contributed by atoms with Gasteiger partial charge in [0.2, 0.25) is 5.91 Å². The van der Waals surface area contributed by atoms with Crippen molar-refractivity contribution < 1.29 is 24.9 Å². The van der Waals surface area contributed by atoms with Gasteiger partial charge in [-0.3, -0.25) is 4.79 Å². The topological polar surface area (TPSA) is 90.2 Å². The monoisotopic (exact) mass is 309 g/mol. The summed E-state index contributed by atoms with van der Waals surface area (Å²) in [6, 6.07) is 5.08. The molecule has 1 rings (SSSR count). The van der Waals surface area contributed by atoms with E-state index in [0.29, 0.717) is 30.0 Å². The fraction of sp³-hybridized carbons (Fsp3) is 0.438. The molecule has 0 heterocycles. The third-order valence-corrected chi connectivity index (χ3v) is 3.14. The molecule has 0 unspecified atom stereocenters. The van der Waals surface area contributed by atoms with Gasteiger partial charge in [-0.2, -0.15) is 0 Å². The molecule has 0 aliphatic carbocycles. The van der Waals surface area contributed by atoms with Crippen LogP contribution in [-0.2, 0) is 18.0 Å². The molecule has 0 saturated heterocycles. The van der Waals surface area contributed by atoms with Crippen LogP contribution in [0.2, 0.25) is 0 Å². The number of carbonyl (C=O) groups is 1. The Morgan fingerprint density at radius 3 is 2.27 bits per heavy atom. The lowest BCUT2D eigenvalue weighted by molar-refractivity contribution is -0.130. The predicted octanol–water partition coefficient (Wildman–Crippen LogP) is 1.36. The number of benzene rings is 1. The van der Waals surface area contributed by atoms with Gasteiger partial charge in [-0.1, -0.05) is 12.6 Å². The van der Waals surface area contributed by atoms with Crippen LogP contribution >= 0.6 is 0 Å². The van der Waals surface area contributed by atoms with Crippen LogP contribution in [0.1, 0.15) is 24.0 Å². The Balaban J connectivity index is 2.46. The molecular formula is C16H23NO5. The Labute approximate surface area is 130 Å². The van der Waals surface area contributed by atoms with E-state index in [9.17, 15) is 4.79 Å². The van der Waals surface area contributed by atoms with Gasteiger partial charge in [0.15, 0.2) is 0 Å². The van der Waals surface area contributed by atoms with Gasteiger partial charge >= 0.3 is 0 Å². The summed E-state index contributed by atoms with van der Waals surface area (Å²) < 4.78 is 5.55. The summed E-state index contributed by atoms with van der Waals surface area (Å²) >= 11 is 0. The first-order valence-electron chi connectivity index (χ1n) is 7.04. The average Bonchev–Trinajstić information content (AvgIpc) is 2.51. The van der Waals surface area contributed by atoms with E-state index in [1.54, 1.807) is 25.2 Å². The molecule has 0 atom stereocenters. The molecule has 1 aromatic rings. The van der Waals surface area contributed by atoms with Crippen molar-refractivity contribution >= 4 is 5.91 Å². The molecule has 6 nitrogen and oxygen atoms in total. The zero-order valence-corrected chi connectivity index (χ0v) is 12.8. The number of aliphatic hydroxyl groups excluding tert-OH is 3. The Morgan fingerprint density at radius 2 is 1.77 bits per heavy atom. The maximum absolute atomic E-state index is 11.7. The van der Waals surface area contributed by atoms with Crippen molar-refractivity contribution in [2.75, 3.05) is 20.2 Å². The van der Waals surface area contributed by atoms with Crippen LogP contribution in [-0.4, -0.2) is 46.3 Å². The maximum Gasteiger partial charge on any atom is 0.222 e. The minimum atomic E-state index is -0.131. The van der Waals surface area contributed by atoms with E-state index in [1.807, 2.05) is 0 Å². The quantitative estimate of drug-likeness (QED) is 0.599. The Kier molecular flexibility index (Phi) is 7.42. The van der Waals surface area contributed by atoms with Crippen LogP contribution < -0.4 is 4.74 Å². The standard InChI is InChI=1S/C16H23NO5/c1-12(20)3-4-16(21)17(2)5-6-22-15-8-13(10-18)7-14(9-15)11-19/h7-9,18-20H,1,3-6,10-11H2,2H3. The minimum absolute atomic E-state index is 0.00430. The molecule has 22 heavy (non-hydrogen) atoms. The zero-order valence-electron chi connectivity index (χ0n) is 12.8. The highest BCUT2D eigenvalue weighted by atomic mass is 16.5. The summed E-state index contributed by atoms with van der Waals surface area (Å²) in [7, 11) is 1.66. The van der Waals surface area contributed by atoms with Gasteiger partial charge in [0, 0.05) is 19.9 Å². The van der Waals surface area contributed by atoms with Gasteiger partial charge in [-0.15, -0.1) is 0 Å². The van der Waals surface area contributed by atoms with Crippen molar-refractivity contribution in [1.29, 1.82) is 0 Å². The molecule has 0 bridgehead atoms. The number of allylic oxidation sites excluding steroid dienone is 1. The van der Waals surface area contributed by atoms with Crippen LogP contribution in [0.25, 0.3) is 0 Å². The van der Waals surface area contributed by atoms with Crippen molar-refractivity contribution in [3.8, 4) is 5.75 Å². The molecule has 3 N–H and O–H groups in total. The molecule has 0 spiro atoms. The van der Waals surface area contributed by atoms with E-state index >= 15 is 0 Å². The number of ether oxygens (including phenoxy) is 1. The molecular weight excluding hydrogens is 286 g/mol. The van der Waals surface area contributed by atoms with Gasteiger partial charge < -0.3 is 25.0 Å². The van der Waals surface area contributed by atoms with E-state index in [0.717, 1.165) is 0 Å². The first-order valence-corrected chi connectivity index (χ1v) is 7.04. The first kappa shape index (κ1) is 18.0. The molecule has 0 aromatic heterocycles. The molecule has 0 saturated carbocycles. The number of hydrogen-bond acceptors (Lipinski definition) is 5.